The SMILES string of the molecule is CN1CCCC2CN(c3ccc(N)c(N)n3)CCC21. The second-order valence-corrected chi connectivity index (χ2v) is 5.83. The molecule has 0 amide bonds. The zero-order valence-corrected chi connectivity index (χ0v) is 11.5. The van der Waals surface area contributed by atoms with Gasteiger partial charge >= 0.3 is 0 Å². The van der Waals surface area contributed by atoms with Crippen molar-refractivity contribution >= 4 is 17.3 Å². The lowest BCUT2D eigenvalue weighted by molar-refractivity contribution is 0.102. The fourth-order valence-electron chi connectivity index (χ4n) is 3.51. The van der Waals surface area contributed by atoms with Crippen LogP contribution >= 0.6 is 0 Å². The van der Waals surface area contributed by atoms with Crippen molar-refractivity contribution in [1.82, 2.24) is 9.88 Å². The number of fused-ring (bicyclic) bond motifs is 1. The first kappa shape index (κ1) is 12.5. The number of likely N-dealkylation sites (tertiary alicyclic amines) is 1. The summed E-state index contributed by atoms with van der Waals surface area (Å²) in [4.78, 5) is 9.30. The molecule has 5 nitrogen and oxygen atoms in total. The van der Waals surface area contributed by atoms with Crippen molar-refractivity contribution in [3.8, 4) is 0 Å². The average Bonchev–Trinajstić information content (AvgIpc) is 2.42. The van der Waals surface area contributed by atoms with Gasteiger partial charge in [-0.3, -0.25) is 0 Å². The van der Waals surface area contributed by atoms with E-state index in [1.54, 1.807) is 0 Å². The van der Waals surface area contributed by atoms with Crippen molar-refractivity contribution in [3.63, 3.8) is 0 Å². The normalized spacial score (nSPS) is 28.2. The van der Waals surface area contributed by atoms with Crippen LogP contribution in [0, 0.1) is 5.92 Å². The Hall–Kier alpha value is -1.49. The highest BCUT2D eigenvalue weighted by Crippen LogP contribution is 2.31. The van der Waals surface area contributed by atoms with E-state index >= 15 is 0 Å². The van der Waals surface area contributed by atoms with Gasteiger partial charge in [0, 0.05) is 19.1 Å². The molecule has 0 spiro atoms. The van der Waals surface area contributed by atoms with E-state index in [4.69, 9.17) is 11.5 Å². The molecule has 19 heavy (non-hydrogen) atoms. The second kappa shape index (κ2) is 4.89. The Morgan fingerprint density at radius 2 is 2.05 bits per heavy atom. The predicted molar refractivity (Wildman–Crippen MR) is 79.0 cm³/mol. The van der Waals surface area contributed by atoms with Crippen LogP contribution in [0.5, 0.6) is 0 Å². The quantitative estimate of drug-likeness (QED) is 0.794. The Bertz CT molecular complexity index is 461. The van der Waals surface area contributed by atoms with Crippen LogP contribution in [-0.2, 0) is 0 Å². The second-order valence-electron chi connectivity index (χ2n) is 5.83. The number of nitrogens with two attached hydrogens (primary N) is 2. The van der Waals surface area contributed by atoms with Gasteiger partial charge in [-0.15, -0.1) is 0 Å². The van der Waals surface area contributed by atoms with E-state index in [0.29, 0.717) is 11.5 Å². The Morgan fingerprint density at radius 3 is 2.84 bits per heavy atom. The Labute approximate surface area is 114 Å². The van der Waals surface area contributed by atoms with Gasteiger partial charge in [-0.25, -0.2) is 4.98 Å². The first-order valence-electron chi connectivity index (χ1n) is 7.12. The third-order valence-corrected chi connectivity index (χ3v) is 4.61. The van der Waals surface area contributed by atoms with Crippen LogP contribution in [0.4, 0.5) is 17.3 Å². The molecule has 3 heterocycles. The van der Waals surface area contributed by atoms with Crippen LogP contribution in [0.15, 0.2) is 12.1 Å². The zero-order chi connectivity index (χ0) is 13.4. The van der Waals surface area contributed by atoms with Gasteiger partial charge in [0.2, 0.25) is 0 Å². The minimum atomic E-state index is 0.445. The zero-order valence-electron chi connectivity index (χ0n) is 11.5. The average molecular weight is 261 g/mol. The fraction of sp³-hybridized carbons (Fsp3) is 0.643. The minimum Gasteiger partial charge on any atom is -0.396 e. The molecule has 104 valence electrons. The molecular weight excluding hydrogens is 238 g/mol. The minimum absolute atomic E-state index is 0.445. The largest absolute Gasteiger partial charge is 0.396 e. The number of hydrogen-bond donors (Lipinski definition) is 2. The third kappa shape index (κ3) is 2.34. The molecule has 4 N–H and O–H groups in total. The van der Waals surface area contributed by atoms with E-state index in [2.05, 4.69) is 21.8 Å². The van der Waals surface area contributed by atoms with E-state index in [1.807, 2.05) is 12.1 Å². The highest BCUT2D eigenvalue weighted by Gasteiger charge is 2.34. The summed E-state index contributed by atoms with van der Waals surface area (Å²) >= 11 is 0. The topological polar surface area (TPSA) is 71.4 Å². The van der Waals surface area contributed by atoms with Crippen molar-refractivity contribution in [3.05, 3.63) is 12.1 Å². The molecule has 1 aromatic rings. The summed E-state index contributed by atoms with van der Waals surface area (Å²) in [5, 5.41) is 0. The van der Waals surface area contributed by atoms with Crippen molar-refractivity contribution in [2.75, 3.05) is 43.0 Å². The van der Waals surface area contributed by atoms with Crippen molar-refractivity contribution in [2.24, 2.45) is 5.92 Å². The first-order valence-corrected chi connectivity index (χ1v) is 7.12. The maximum Gasteiger partial charge on any atom is 0.149 e. The van der Waals surface area contributed by atoms with E-state index in [9.17, 15) is 0 Å². The number of nitrogens with zero attached hydrogens (tertiary/aromatic N) is 3. The lowest BCUT2D eigenvalue weighted by Crippen LogP contribution is -2.52. The van der Waals surface area contributed by atoms with Crippen LogP contribution in [0.2, 0.25) is 0 Å². The molecule has 2 saturated heterocycles. The summed E-state index contributed by atoms with van der Waals surface area (Å²) in [7, 11) is 2.26. The lowest BCUT2D eigenvalue weighted by atomic mass is 9.84. The number of nitrogen functional groups attached to an aromatic ring is 2. The number of anilines is 3. The molecule has 2 atom stereocenters. The van der Waals surface area contributed by atoms with Crippen LogP contribution in [0.3, 0.4) is 0 Å². The van der Waals surface area contributed by atoms with Crippen molar-refractivity contribution in [1.29, 1.82) is 0 Å². The van der Waals surface area contributed by atoms with Gasteiger partial charge in [-0.1, -0.05) is 0 Å². The molecule has 1 aromatic heterocycles. The molecule has 5 heteroatoms. The molecule has 2 unspecified atom stereocenters. The number of hydrogen-bond acceptors (Lipinski definition) is 5. The van der Waals surface area contributed by atoms with Crippen LogP contribution in [0.25, 0.3) is 0 Å². The number of rotatable bonds is 1. The molecule has 3 rings (SSSR count). The molecule has 0 aliphatic carbocycles. The van der Waals surface area contributed by atoms with Crippen molar-refractivity contribution < 1.29 is 0 Å². The van der Waals surface area contributed by atoms with Crippen molar-refractivity contribution in [2.45, 2.75) is 25.3 Å². The smallest absolute Gasteiger partial charge is 0.149 e. The lowest BCUT2D eigenvalue weighted by Gasteiger charge is -2.46. The Kier molecular flexibility index (Phi) is 3.22. The molecule has 0 aromatic carbocycles. The predicted octanol–water partition coefficient (Wildman–Crippen LogP) is 1.17. The summed E-state index contributed by atoms with van der Waals surface area (Å²) in [6.45, 7) is 3.39. The van der Waals surface area contributed by atoms with Gasteiger partial charge in [-0.05, 0) is 50.9 Å². The molecule has 2 fully saturated rings. The molecule has 0 bridgehead atoms. The number of aromatic nitrogens is 1. The molecular formula is C14H23N5. The Balaban J connectivity index is 1.75. The monoisotopic (exact) mass is 261 g/mol. The van der Waals surface area contributed by atoms with E-state index in [0.717, 1.165) is 30.9 Å². The van der Waals surface area contributed by atoms with E-state index in [1.165, 1.54) is 25.8 Å². The first-order chi connectivity index (χ1) is 9.15. The van der Waals surface area contributed by atoms with E-state index in [-0.39, 0.29) is 0 Å². The summed E-state index contributed by atoms with van der Waals surface area (Å²) in [5.74, 6) is 2.17. The third-order valence-electron chi connectivity index (χ3n) is 4.61. The molecule has 2 aliphatic rings. The van der Waals surface area contributed by atoms with Gasteiger partial charge in [0.1, 0.15) is 11.6 Å². The summed E-state index contributed by atoms with van der Waals surface area (Å²) in [5.41, 5.74) is 12.1. The molecule has 0 radical (unpaired) electrons. The number of pyridine rings is 1. The molecule has 2 aliphatic heterocycles. The maximum absolute atomic E-state index is 5.81. The van der Waals surface area contributed by atoms with Gasteiger partial charge in [0.25, 0.3) is 0 Å². The van der Waals surface area contributed by atoms with Gasteiger partial charge in [0.05, 0.1) is 5.69 Å². The van der Waals surface area contributed by atoms with Crippen LogP contribution in [0.1, 0.15) is 19.3 Å². The number of piperidine rings is 2. The summed E-state index contributed by atoms with van der Waals surface area (Å²) in [6.07, 6.45) is 3.85. The molecule has 0 saturated carbocycles. The highest BCUT2D eigenvalue weighted by molar-refractivity contribution is 5.62. The fourth-order valence-corrected chi connectivity index (χ4v) is 3.51. The van der Waals surface area contributed by atoms with Crippen LogP contribution in [-0.4, -0.2) is 42.6 Å². The maximum atomic E-state index is 5.81. The summed E-state index contributed by atoms with van der Waals surface area (Å²) < 4.78 is 0. The van der Waals surface area contributed by atoms with E-state index < -0.39 is 0 Å². The Morgan fingerprint density at radius 1 is 1.21 bits per heavy atom. The van der Waals surface area contributed by atoms with Crippen LogP contribution < -0.4 is 16.4 Å². The summed E-state index contributed by atoms with van der Waals surface area (Å²) in [6, 6.07) is 4.59. The standard InChI is InChI=1S/C14H23N5/c1-18-7-2-3-10-9-19(8-6-12(10)18)13-5-4-11(15)14(16)17-13/h4-5,10,12H,2-3,6-9,15H2,1H3,(H2,16,17). The van der Waals surface area contributed by atoms with Gasteiger partial charge < -0.3 is 21.3 Å². The van der Waals surface area contributed by atoms with Gasteiger partial charge in [0.15, 0.2) is 0 Å². The van der Waals surface area contributed by atoms with Gasteiger partial charge in [-0.2, -0.15) is 0 Å². The highest BCUT2D eigenvalue weighted by atomic mass is 15.2.